The Morgan fingerprint density at radius 3 is 2.29 bits per heavy atom. The van der Waals surface area contributed by atoms with E-state index in [0.29, 0.717) is 31.9 Å². The van der Waals surface area contributed by atoms with Gasteiger partial charge in [-0.1, -0.05) is 56.8 Å². The maximum absolute atomic E-state index is 13.0. The lowest BCUT2D eigenvalue weighted by molar-refractivity contribution is -0.117. The van der Waals surface area contributed by atoms with Crippen molar-refractivity contribution in [3.05, 3.63) is 96.4 Å². The summed E-state index contributed by atoms with van der Waals surface area (Å²) in [4.78, 5) is 26.0. The van der Waals surface area contributed by atoms with E-state index in [1.165, 1.54) is 0 Å². The molecule has 1 fully saturated rings. The van der Waals surface area contributed by atoms with Gasteiger partial charge in [0, 0.05) is 38.1 Å². The first-order valence-corrected chi connectivity index (χ1v) is 12.9. The molecule has 34 heavy (non-hydrogen) atoms. The van der Waals surface area contributed by atoms with Crippen molar-refractivity contribution < 1.29 is 9.59 Å². The minimum Gasteiger partial charge on any atom is -0.326 e. The third-order valence-corrected chi connectivity index (χ3v) is 7.97. The summed E-state index contributed by atoms with van der Waals surface area (Å²) in [6.45, 7) is 1.94. The number of rotatable bonds is 6. The van der Waals surface area contributed by atoms with Gasteiger partial charge in [0.25, 0.3) is 0 Å². The summed E-state index contributed by atoms with van der Waals surface area (Å²) in [5, 5.41) is 3.97. The zero-order valence-corrected chi connectivity index (χ0v) is 23.0. The minimum absolute atomic E-state index is 0.159. The molecule has 0 bridgehead atoms. The SMILES string of the molecule is Cc1cc(Br)ccc1CC(=O)c1cc(NC(=O)C2C(c3cc(Cl)cc(Cl)c3)C2(Cl)Cl)ccc1Cl. The number of carbonyl (C=O) groups excluding carboxylic acids is 2. The Morgan fingerprint density at radius 2 is 1.65 bits per heavy atom. The van der Waals surface area contributed by atoms with Crippen LogP contribution < -0.4 is 5.32 Å². The van der Waals surface area contributed by atoms with Crippen LogP contribution in [0.2, 0.25) is 15.1 Å². The van der Waals surface area contributed by atoms with Gasteiger partial charge in [-0.15, -0.1) is 23.2 Å². The molecule has 3 aromatic rings. The van der Waals surface area contributed by atoms with Crippen LogP contribution in [0.25, 0.3) is 0 Å². The van der Waals surface area contributed by atoms with Crippen molar-refractivity contribution in [2.75, 3.05) is 5.32 Å². The van der Waals surface area contributed by atoms with E-state index in [4.69, 9.17) is 58.0 Å². The second-order valence-corrected chi connectivity index (χ2v) is 11.8. The van der Waals surface area contributed by atoms with Crippen LogP contribution in [0.15, 0.2) is 59.1 Å². The zero-order chi connectivity index (χ0) is 24.8. The summed E-state index contributed by atoms with van der Waals surface area (Å²) < 4.78 is -0.362. The van der Waals surface area contributed by atoms with E-state index in [1.54, 1.807) is 36.4 Å². The number of Topliss-reactive ketones (excluding diaryl/α,β-unsaturated/α-hetero) is 1. The molecule has 1 aliphatic carbocycles. The van der Waals surface area contributed by atoms with Crippen molar-refractivity contribution in [1.82, 2.24) is 0 Å². The molecular formula is C25H17BrCl5NO2. The number of amides is 1. The van der Waals surface area contributed by atoms with Crippen LogP contribution >= 0.6 is 73.9 Å². The molecule has 0 saturated heterocycles. The summed E-state index contributed by atoms with van der Waals surface area (Å²) >= 11 is 34.8. The van der Waals surface area contributed by atoms with Gasteiger partial charge in [-0.05, 0) is 72.1 Å². The van der Waals surface area contributed by atoms with Crippen LogP contribution in [0.5, 0.6) is 0 Å². The Labute approximate surface area is 230 Å². The molecule has 1 amide bonds. The Hall–Kier alpha value is -1.27. The highest BCUT2D eigenvalue weighted by Gasteiger charge is 2.67. The number of halogens is 6. The van der Waals surface area contributed by atoms with E-state index in [1.807, 2.05) is 25.1 Å². The summed E-state index contributed by atoms with van der Waals surface area (Å²) in [6.07, 6.45) is 0.183. The smallest absolute Gasteiger partial charge is 0.231 e. The first-order chi connectivity index (χ1) is 16.0. The zero-order valence-electron chi connectivity index (χ0n) is 17.6. The van der Waals surface area contributed by atoms with Gasteiger partial charge >= 0.3 is 0 Å². The van der Waals surface area contributed by atoms with Gasteiger partial charge in [0.2, 0.25) is 5.91 Å². The van der Waals surface area contributed by atoms with Gasteiger partial charge in [0.1, 0.15) is 4.33 Å². The third-order valence-electron chi connectivity index (χ3n) is 5.77. The highest BCUT2D eigenvalue weighted by Crippen LogP contribution is 2.65. The topological polar surface area (TPSA) is 46.2 Å². The summed E-state index contributed by atoms with van der Waals surface area (Å²) in [7, 11) is 0. The summed E-state index contributed by atoms with van der Waals surface area (Å²) in [6, 6.07) is 15.5. The average Bonchev–Trinajstić information content (AvgIpc) is 3.33. The van der Waals surface area contributed by atoms with E-state index in [-0.39, 0.29) is 18.1 Å². The summed E-state index contributed by atoms with van der Waals surface area (Å²) in [5.41, 5.74) is 3.31. The van der Waals surface area contributed by atoms with E-state index in [9.17, 15) is 9.59 Å². The molecule has 3 aromatic carbocycles. The van der Waals surface area contributed by atoms with Gasteiger partial charge in [-0.25, -0.2) is 0 Å². The number of aryl methyl sites for hydroxylation is 1. The first kappa shape index (κ1) is 25.8. The highest BCUT2D eigenvalue weighted by molar-refractivity contribution is 9.10. The fourth-order valence-corrected chi connectivity index (χ4v) is 6.05. The number of hydrogen-bond donors (Lipinski definition) is 1. The Balaban J connectivity index is 1.52. The molecule has 2 atom stereocenters. The molecule has 3 nitrogen and oxygen atoms in total. The molecule has 0 spiro atoms. The number of anilines is 1. The molecule has 1 aliphatic rings. The lowest BCUT2D eigenvalue weighted by Gasteiger charge is -2.10. The molecule has 1 N–H and O–H groups in total. The molecule has 1 saturated carbocycles. The lowest BCUT2D eigenvalue weighted by atomic mass is 9.99. The predicted octanol–water partition coefficient (Wildman–Crippen LogP) is 8.67. The van der Waals surface area contributed by atoms with Crippen LogP contribution in [-0.4, -0.2) is 16.0 Å². The number of benzene rings is 3. The minimum atomic E-state index is -1.30. The Kier molecular flexibility index (Phi) is 7.59. The molecule has 0 aliphatic heterocycles. The molecular weight excluding hydrogens is 603 g/mol. The van der Waals surface area contributed by atoms with Gasteiger partial charge in [-0.3, -0.25) is 9.59 Å². The maximum atomic E-state index is 13.0. The molecule has 0 aromatic heterocycles. The van der Waals surface area contributed by atoms with E-state index in [0.717, 1.165) is 15.6 Å². The number of nitrogens with one attached hydrogen (secondary N) is 1. The Morgan fingerprint density at radius 1 is 0.971 bits per heavy atom. The monoisotopic (exact) mass is 617 g/mol. The maximum Gasteiger partial charge on any atom is 0.231 e. The van der Waals surface area contributed by atoms with Crippen molar-refractivity contribution >= 4 is 91.3 Å². The van der Waals surface area contributed by atoms with Crippen LogP contribution in [0.1, 0.15) is 33.0 Å². The molecule has 0 radical (unpaired) electrons. The molecule has 0 heterocycles. The molecule has 4 rings (SSSR count). The standard InChI is InChI=1S/C25H17BrCl5NO2/c1-12-6-15(26)3-2-13(12)9-21(33)19-11-18(4-5-20(19)29)32-24(34)23-22(25(23,30)31)14-7-16(27)10-17(28)8-14/h2-8,10-11,22-23H,9H2,1H3,(H,32,34). The van der Waals surface area contributed by atoms with E-state index in [2.05, 4.69) is 21.2 Å². The van der Waals surface area contributed by atoms with Crippen molar-refractivity contribution in [3.8, 4) is 0 Å². The van der Waals surface area contributed by atoms with Crippen molar-refractivity contribution in [3.63, 3.8) is 0 Å². The summed E-state index contributed by atoms with van der Waals surface area (Å²) in [5.74, 6) is -1.73. The quantitative estimate of drug-likeness (QED) is 0.222. The number of ketones is 1. The molecule has 176 valence electrons. The number of carbonyl (C=O) groups is 2. The second-order valence-electron chi connectivity index (χ2n) is 8.19. The van der Waals surface area contributed by atoms with Gasteiger partial charge in [0.15, 0.2) is 5.78 Å². The van der Waals surface area contributed by atoms with E-state index < -0.39 is 16.2 Å². The normalized spacial score (nSPS) is 18.4. The van der Waals surface area contributed by atoms with Gasteiger partial charge in [0.05, 0.1) is 10.9 Å². The fraction of sp³-hybridized carbons (Fsp3) is 0.200. The van der Waals surface area contributed by atoms with E-state index >= 15 is 0 Å². The van der Waals surface area contributed by atoms with Crippen LogP contribution in [-0.2, 0) is 11.2 Å². The van der Waals surface area contributed by atoms with Crippen molar-refractivity contribution in [2.24, 2.45) is 5.92 Å². The van der Waals surface area contributed by atoms with Crippen LogP contribution in [0.3, 0.4) is 0 Å². The second kappa shape index (κ2) is 10.0. The predicted molar refractivity (Wildman–Crippen MR) is 144 cm³/mol. The lowest BCUT2D eigenvalue weighted by Crippen LogP contribution is -2.17. The number of hydrogen-bond acceptors (Lipinski definition) is 2. The van der Waals surface area contributed by atoms with Crippen LogP contribution in [0.4, 0.5) is 5.69 Å². The Bertz CT molecular complexity index is 1290. The molecule has 9 heteroatoms. The number of alkyl halides is 2. The fourth-order valence-electron chi connectivity index (χ4n) is 3.98. The van der Waals surface area contributed by atoms with Gasteiger partial charge in [-0.2, -0.15) is 0 Å². The van der Waals surface area contributed by atoms with Crippen LogP contribution in [0, 0.1) is 12.8 Å². The largest absolute Gasteiger partial charge is 0.326 e. The highest BCUT2D eigenvalue weighted by atomic mass is 79.9. The molecule has 2 unspecified atom stereocenters. The first-order valence-electron chi connectivity index (χ1n) is 10.2. The van der Waals surface area contributed by atoms with Crippen molar-refractivity contribution in [1.29, 1.82) is 0 Å². The average molecular weight is 621 g/mol. The van der Waals surface area contributed by atoms with Gasteiger partial charge < -0.3 is 5.32 Å². The van der Waals surface area contributed by atoms with Crippen molar-refractivity contribution in [2.45, 2.75) is 23.6 Å². The third kappa shape index (κ3) is 5.43.